The van der Waals surface area contributed by atoms with Crippen molar-refractivity contribution in [3.63, 3.8) is 0 Å². The molecule has 0 saturated carbocycles. The van der Waals surface area contributed by atoms with E-state index >= 15 is 0 Å². The summed E-state index contributed by atoms with van der Waals surface area (Å²) in [6.45, 7) is 0. The number of rotatable bonds is 5. The molecule has 3 aromatic rings. The molecule has 2 aliphatic heterocycles. The van der Waals surface area contributed by atoms with Crippen molar-refractivity contribution < 1.29 is 22.0 Å². The first kappa shape index (κ1) is 24.3. The normalized spacial score (nSPS) is 22.9. The smallest absolute Gasteiger partial charge is 0.283 e. The van der Waals surface area contributed by atoms with E-state index in [9.17, 15) is 16.8 Å². The van der Waals surface area contributed by atoms with E-state index in [1.807, 2.05) is 0 Å². The number of oxime groups is 1. The number of sulfonamides is 1. The first-order valence-electron chi connectivity index (χ1n) is 10.7. The Kier molecular flexibility index (Phi) is 6.17. The van der Waals surface area contributed by atoms with E-state index in [4.69, 9.17) is 28.4 Å². The molecule has 3 unspecified atom stereocenters. The molecule has 0 radical (unpaired) electrons. The van der Waals surface area contributed by atoms with Crippen LogP contribution in [-0.2, 0) is 26.5 Å². The molecule has 2 aromatic carbocycles. The SMILES string of the molecule is O=S(=O)(c1ccc(Cl)cc1)N1C2Cc3c(cnn3S(=O)(=O)c3ccc(Cl)cc3)C1CC(C=NO)C2. The maximum Gasteiger partial charge on any atom is 0.283 e. The quantitative estimate of drug-likeness (QED) is 0.289. The number of aromatic nitrogens is 2. The Labute approximate surface area is 212 Å². The van der Waals surface area contributed by atoms with E-state index in [0.29, 0.717) is 34.1 Å². The molecular weight excluding hydrogens is 535 g/mol. The fourth-order valence-electron chi connectivity index (χ4n) is 4.92. The summed E-state index contributed by atoms with van der Waals surface area (Å²) in [5.41, 5.74) is 0.948. The summed E-state index contributed by atoms with van der Waals surface area (Å²) in [4.78, 5) is 0.121. The predicted molar refractivity (Wildman–Crippen MR) is 130 cm³/mol. The van der Waals surface area contributed by atoms with Crippen molar-refractivity contribution in [2.45, 2.75) is 41.1 Å². The van der Waals surface area contributed by atoms with Gasteiger partial charge in [0.2, 0.25) is 10.0 Å². The highest BCUT2D eigenvalue weighted by molar-refractivity contribution is 7.90. The standard InChI is InChI=1S/C22H20Cl2N4O5S2/c23-15-1-5-18(6-2-15)34(30,31)27-17-9-14(12-26-29)10-21(27)20-13-25-28(22(20)11-17)35(32,33)19-7-3-16(24)4-8-19/h1-8,12-14,17,21,29H,9-11H2. The third kappa shape index (κ3) is 4.15. The molecule has 0 amide bonds. The average molecular weight is 555 g/mol. The predicted octanol–water partition coefficient (Wildman–Crippen LogP) is 3.95. The van der Waals surface area contributed by atoms with Gasteiger partial charge in [-0.15, -0.1) is 5.16 Å². The monoisotopic (exact) mass is 554 g/mol. The van der Waals surface area contributed by atoms with Crippen LogP contribution < -0.4 is 0 Å². The Morgan fingerprint density at radius 2 is 1.49 bits per heavy atom. The highest BCUT2D eigenvalue weighted by Crippen LogP contribution is 2.47. The molecule has 3 atom stereocenters. The lowest BCUT2D eigenvalue weighted by Crippen LogP contribution is -2.52. The van der Waals surface area contributed by atoms with Crippen LogP contribution in [-0.4, -0.2) is 47.8 Å². The molecule has 1 fully saturated rings. The van der Waals surface area contributed by atoms with Gasteiger partial charge in [0.05, 0.1) is 27.7 Å². The van der Waals surface area contributed by atoms with E-state index in [2.05, 4.69) is 10.3 Å². The Bertz CT molecular complexity index is 1500. The number of piperidine rings is 1. The van der Waals surface area contributed by atoms with Gasteiger partial charge in [-0.25, -0.2) is 8.42 Å². The maximum atomic E-state index is 13.7. The fraction of sp³-hybridized carbons (Fsp3) is 0.273. The molecule has 1 N–H and O–H groups in total. The highest BCUT2D eigenvalue weighted by Gasteiger charge is 2.49. The number of fused-ring (bicyclic) bond motifs is 4. The molecule has 5 rings (SSSR count). The van der Waals surface area contributed by atoms with Crippen molar-refractivity contribution >= 4 is 49.5 Å². The summed E-state index contributed by atoms with van der Waals surface area (Å²) in [6.07, 6.45) is 3.60. The van der Waals surface area contributed by atoms with Crippen molar-refractivity contribution in [3.8, 4) is 0 Å². The second-order valence-corrected chi connectivity index (χ2v) is 13.0. The summed E-state index contributed by atoms with van der Waals surface area (Å²) in [5.74, 6) is -0.184. The van der Waals surface area contributed by atoms with Gasteiger partial charge in [0.25, 0.3) is 10.0 Å². The molecule has 2 bridgehead atoms. The van der Waals surface area contributed by atoms with Crippen LogP contribution in [0.15, 0.2) is 69.7 Å². The van der Waals surface area contributed by atoms with Crippen LogP contribution in [0.25, 0.3) is 0 Å². The van der Waals surface area contributed by atoms with Gasteiger partial charge in [0.15, 0.2) is 0 Å². The second-order valence-electron chi connectivity index (χ2n) is 8.51. The van der Waals surface area contributed by atoms with Crippen molar-refractivity contribution in [3.05, 3.63) is 76.0 Å². The molecule has 1 aromatic heterocycles. The largest absolute Gasteiger partial charge is 0.411 e. The number of halogens is 2. The summed E-state index contributed by atoms with van der Waals surface area (Å²) < 4.78 is 56.5. The zero-order chi connectivity index (χ0) is 25.0. The van der Waals surface area contributed by atoms with Crippen molar-refractivity contribution in [2.24, 2.45) is 11.1 Å². The lowest BCUT2D eigenvalue weighted by molar-refractivity contribution is 0.142. The minimum atomic E-state index is -4.02. The fourth-order valence-corrected chi connectivity index (χ4v) is 8.30. The van der Waals surface area contributed by atoms with Crippen LogP contribution >= 0.6 is 23.2 Å². The summed E-state index contributed by atoms with van der Waals surface area (Å²) in [5, 5.41) is 17.2. The number of nitrogens with zero attached hydrogens (tertiary/aromatic N) is 4. The third-order valence-electron chi connectivity index (χ3n) is 6.43. The van der Waals surface area contributed by atoms with E-state index in [-0.39, 0.29) is 22.1 Å². The first-order chi connectivity index (χ1) is 16.6. The van der Waals surface area contributed by atoms with Crippen molar-refractivity contribution in [1.29, 1.82) is 0 Å². The van der Waals surface area contributed by atoms with Gasteiger partial charge in [-0.2, -0.15) is 21.9 Å². The van der Waals surface area contributed by atoms with Crippen LogP contribution in [0, 0.1) is 5.92 Å². The van der Waals surface area contributed by atoms with Gasteiger partial charge in [0.1, 0.15) is 0 Å². The van der Waals surface area contributed by atoms with E-state index in [1.54, 1.807) is 0 Å². The zero-order valence-electron chi connectivity index (χ0n) is 18.1. The van der Waals surface area contributed by atoms with Crippen LogP contribution in [0.1, 0.15) is 30.1 Å². The molecule has 0 aliphatic carbocycles. The number of hydrogen-bond donors (Lipinski definition) is 1. The van der Waals surface area contributed by atoms with Gasteiger partial charge >= 0.3 is 0 Å². The number of benzene rings is 2. The van der Waals surface area contributed by atoms with E-state index in [0.717, 1.165) is 4.09 Å². The van der Waals surface area contributed by atoms with Gasteiger partial charge in [0, 0.05) is 40.2 Å². The minimum absolute atomic E-state index is 0.0273. The van der Waals surface area contributed by atoms with E-state index in [1.165, 1.54) is 65.2 Å². The van der Waals surface area contributed by atoms with Crippen LogP contribution in [0.2, 0.25) is 10.0 Å². The molecule has 184 valence electrons. The van der Waals surface area contributed by atoms with Gasteiger partial charge in [-0.3, -0.25) is 0 Å². The maximum absolute atomic E-state index is 13.7. The summed E-state index contributed by atoms with van der Waals surface area (Å²) in [7, 11) is -7.96. The van der Waals surface area contributed by atoms with Crippen LogP contribution in [0.5, 0.6) is 0 Å². The summed E-state index contributed by atoms with van der Waals surface area (Å²) in [6, 6.07) is 10.4. The summed E-state index contributed by atoms with van der Waals surface area (Å²) >= 11 is 11.9. The van der Waals surface area contributed by atoms with Gasteiger partial charge < -0.3 is 5.21 Å². The minimum Gasteiger partial charge on any atom is -0.411 e. The first-order valence-corrected chi connectivity index (χ1v) is 14.3. The lowest BCUT2D eigenvalue weighted by atomic mass is 9.80. The van der Waals surface area contributed by atoms with Gasteiger partial charge in [-0.05, 0) is 61.4 Å². The van der Waals surface area contributed by atoms with E-state index < -0.39 is 32.1 Å². The molecule has 2 aliphatic rings. The molecule has 9 nitrogen and oxygen atoms in total. The molecule has 13 heteroatoms. The molecule has 35 heavy (non-hydrogen) atoms. The van der Waals surface area contributed by atoms with Crippen LogP contribution in [0.4, 0.5) is 0 Å². The molecular formula is C22H20Cl2N4O5S2. The lowest BCUT2D eigenvalue weighted by Gasteiger charge is -2.46. The highest BCUT2D eigenvalue weighted by atomic mass is 35.5. The number of hydrogen-bond acceptors (Lipinski definition) is 7. The molecule has 0 spiro atoms. The Hall–Kier alpha value is -2.44. The Morgan fingerprint density at radius 1 is 0.914 bits per heavy atom. The molecule has 3 heterocycles. The third-order valence-corrected chi connectivity index (χ3v) is 10.5. The van der Waals surface area contributed by atoms with Crippen molar-refractivity contribution in [1.82, 2.24) is 13.5 Å². The van der Waals surface area contributed by atoms with Crippen molar-refractivity contribution in [2.75, 3.05) is 0 Å². The average Bonchev–Trinajstić information content (AvgIpc) is 3.24. The topological polar surface area (TPSA) is 122 Å². The molecule has 1 saturated heterocycles. The second kappa shape index (κ2) is 8.90. The Balaban J connectivity index is 1.61. The Morgan fingerprint density at radius 3 is 2.06 bits per heavy atom. The zero-order valence-corrected chi connectivity index (χ0v) is 21.2. The van der Waals surface area contributed by atoms with Gasteiger partial charge in [-0.1, -0.05) is 23.2 Å². The van der Waals surface area contributed by atoms with Crippen LogP contribution in [0.3, 0.4) is 0 Å².